The van der Waals surface area contributed by atoms with Crippen molar-refractivity contribution in [1.82, 2.24) is 5.32 Å². The first-order chi connectivity index (χ1) is 9.47. The molecule has 2 atom stereocenters. The molecule has 0 radical (unpaired) electrons. The molecule has 1 aromatic rings. The van der Waals surface area contributed by atoms with E-state index in [2.05, 4.69) is 5.32 Å². The monoisotopic (exact) mass is 294 g/mol. The number of non-ortho nitro benzene ring substituents is 1. The SMILES string of the molecule is CC(Sc1ccc([N+](=O)[O-])cc1)C(=O)NC(C)C1CC1. The summed E-state index contributed by atoms with van der Waals surface area (Å²) >= 11 is 1.41. The lowest BCUT2D eigenvalue weighted by Gasteiger charge is -2.16. The van der Waals surface area contributed by atoms with Crippen LogP contribution in [0.2, 0.25) is 0 Å². The Morgan fingerprint density at radius 2 is 1.95 bits per heavy atom. The quantitative estimate of drug-likeness (QED) is 0.497. The zero-order chi connectivity index (χ0) is 14.7. The maximum absolute atomic E-state index is 12.0. The molecule has 1 fully saturated rings. The molecule has 0 aliphatic heterocycles. The first-order valence-corrected chi connectivity index (χ1v) is 7.57. The van der Waals surface area contributed by atoms with Crippen molar-refractivity contribution in [1.29, 1.82) is 0 Å². The number of carbonyl (C=O) groups excluding carboxylic acids is 1. The third kappa shape index (κ3) is 3.96. The number of carbonyl (C=O) groups is 1. The second-order valence-corrected chi connectivity index (χ2v) is 6.56. The third-order valence-corrected chi connectivity index (χ3v) is 4.54. The number of nitrogens with zero attached hydrogens (tertiary/aromatic N) is 1. The number of amides is 1. The van der Waals surface area contributed by atoms with Gasteiger partial charge in [-0.15, -0.1) is 11.8 Å². The van der Waals surface area contributed by atoms with Crippen molar-refractivity contribution in [2.75, 3.05) is 0 Å². The van der Waals surface area contributed by atoms with Gasteiger partial charge >= 0.3 is 0 Å². The summed E-state index contributed by atoms with van der Waals surface area (Å²) in [5.74, 6) is 0.656. The summed E-state index contributed by atoms with van der Waals surface area (Å²) in [5.41, 5.74) is 0.0637. The molecule has 2 rings (SSSR count). The fourth-order valence-corrected chi connectivity index (χ4v) is 2.84. The highest BCUT2D eigenvalue weighted by molar-refractivity contribution is 8.00. The van der Waals surface area contributed by atoms with E-state index in [0.29, 0.717) is 5.92 Å². The summed E-state index contributed by atoms with van der Waals surface area (Å²) in [6.45, 7) is 3.89. The van der Waals surface area contributed by atoms with Crippen molar-refractivity contribution in [2.45, 2.75) is 42.9 Å². The second-order valence-electron chi connectivity index (χ2n) is 5.15. The van der Waals surface area contributed by atoms with Gasteiger partial charge in [0.15, 0.2) is 0 Å². The van der Waals surface area contributed by atoms with Gasteiger partial charge in [-0.2, -0.15) is 0 Å². The Kier molecular flexibility index (Phi) is 4.65. The molecule has 1 N–H and O–H groups in total. The van der Waals surface area contributed by atoms with Crippen LogP contribution in [-0.2, 0) is 4.79 Å². The van der Waals surface area contributed by atoms with Gasteiger partial charge in [0.25, 0.3) is 5.69 Å². The number of nitro benzene ring substituents is 1. The van der Waals surface area contributed by atoms with E-state index < -0.39 is 4.92 Å². The summed E-state index contributed by atoms with van der Waals surface area (Å²) in [4.78, 5) is 23.0. The molecule has 0 heterocycles. The summed E-state index contributed by atoms with van der Waals surface area (Å²) < 4.78 is 0. The number of thioether (sulfide) groups is 1. The molecule has 20 heavy (non-hydrogen) atoms. The van der Waals surface area contributed by atoms with Gasteiger partial charge in [-0.1, -0.05) is 0 Å². The Morgan fingerprint density at radius 1 is 1.35 bits per heavy atom. The minimum atomic E-state index is -0.429. The predicted octanol–water partition coefficient (Wildman–Crippen LogP) is 2.99. The van der Waals surface area contributed by atoms with Gasteiger partial charge in [0.2, 0.25) is 5.91 Å². The highest BCUT2D eigenvalue weighted by atomic mass is 32.2. The van der Waals surface area contributed by atoms with E-state index in [9.17, 15) is 14.9 Å². The second kappa shape index (κ2) is 6.26. The van der Waals surface area contributed by atoms with Gasteiger partial charge in [0.1, 0.15) is 0 Å². The standard InChI is InChI=1S/C14H18N2O3S/c1-9(11-3-4-11)15-14(17)10(2)20-13-7-5-12(6-8-13)16(18)19/h5-11H,3-4H2,1-2H3,(H,15,17). The number of hydrogen-bond acceptors (Lipinski definition) is 4. The molecule has 6 heteroatoms. The molecule has 0 saturated heterocycles. The molecule has 1 aliphatic rings. The van der Waals surface area contributed by atoms with Crippen LogP contribution in [0, 0.1) is 16.0 Å². The number of nitrogens with one attached hydrogen (secondary N) is 1. The van der Waals surface area contributed by atoms with Gasteiger partial charge in [0.05, 0.1) is 10.2 Å². The van der Waals surface area contributed by atoms with Gasteiger partial charge in [-0.25, -0.2) is 0 Å². The molecule has 5 nitrogen and oxygen atoms in total. The smallest absolute Gasteiger partial charge is 0.269 e. The van der Waals surface area contributed by atoms with Gasteiger partial charge in [-0.05, 0) is 44.7 Å². The zero-order valence-corrected chi connectivity index (χ0v) is 12.4. The first-order valence-electron chi connectivity index (χ1n) is 6.69. The Morgan fingerprint density at radius 3 is 2.45 bits per heavy atom. The van der Waals surface area contributed by atoms with E-state index >= 15 is 0 Å². The maximum Gasteiger partial charge on any atom is 0.269 e. The lowest BCUT2D eigenvalue weighted by Crippen LogP contribution is -2.38. The molecule has 2 unspecified atom stereocenters. The van der Waals surface area contributed by atoms with E-state index in [0.717, 1.165) is 4.90 Å². The van der Waals surface area contributed by atoms with E-state index in [-0.39, 0.29) is 22.9 Å². The molecule has 1 aromatic carbocycles. The van der Waals surface area contributed by atoms with Crippen LogP contribution in [0.3, 0.4) is 0 Å². The van der Waals surface area contributed by atoms with Crippen molar-refractivity contribution < 1.29 is 9.72 Å². The van der Waals surface area contributed by atoms with Gasteiger partial charge < -0.3 is 5.32 Å². The minimum Gasteiger partial charge on any atom is -0.352 e. The molecule has 1 aliphatic carbocycles. The zero-order valence-electron chi connectivity index (χ0n) is 11.5. The van der Waals surface area contributed by atoms with Crippen LogP contribution in [0.5, 0.6) is 0 Å². The Balaban J connectivity index is 1.87. The van der Waals surface area contributed by atoms with Crippen LogP contribution in [0.15, 0.2) is 29.2 Å². The summed E-state index contributed by atoms with van der Waals surface area (Å²) in [5, 5.41) is 13.4. The number of nitro groups is 1. The molecule has 1 amide bonds. The van der Waals surface area contributed by atoms with Crippen LogP contribution < -0.4 is 5.32 Å². The Hall–Kier alpha value is -1.56. The molecule has 0 bridgehead atoms. The molecule has 0 spiro atoms. The van der Waals surface area contributed by atoms with Crippen LogP contribution in [0.4, 0.5) is 5.69 Å². The van der Waals surface area contributed by atoms with E-state index in [1.807, 2.05) is 13.8 Å². The van der Waals surface area contributed by atoms with Crippen molar-refractivity contribution in [3.63, 3.8) is 0 Å². The topological polar surface area (TPSA) is 72.2 Å². The predicted molar refractivity (Wildman–Crippen MR) is 78.7 cm³/mol. The maximum atomic E-state index is 12.0. The van der Waals surface area contributed by atoms with E-state index in [1.54, 1.807) is 12.1 Å². The van der Waals surface area contributed by atoms with Crippen LogP contribution >= 0.6 is 11.8 Å². The van der Waals surface area contributed by atoms with Crippen molar-refractivity contribution >= 4 is 23.4 Å². The third-order valence-electron chi connectivity index (χ3n) is 3.43. The van der Waals surface area contributed by atoms with Gasteiger partial charge in [-0.3, -0.25) is 14.9 Å². The molecule has 108 valence electrons. The largest absolute Gasteiger partial charge is 0.352 e. The summed E-state index contributed by atoms with van der Waals surface area (Å²) in [7, 11) is 0. The van der Waals surface area contributed by atoms with Crippen molar-refractivity contribution in [2.24, 2.45) is 5.92 Å². The van der Waals surface area contributed by atoms with Gasteiger partial charge in [0, 0.05) is 23.1 Å². The average Bonchev–Trinajstić information content (AvgIpc) is 3.23. The van der Waals surface area contributed by atoms with E-state index in [1.165, 1.54) is 36.7 Å². The summed E-state index contributed by atoms with van der Waals surface area (Å²) in [6.07, 6.45) is 2.40. The molecular formula is C14H18N2O3S. The highest BCUT2D eigenvalue weighted by Crippen LogP contribution is 2.32. The Bertz CT molecular complexity index is 500. The number of rotatable bonds is 6. The normalized spacial score (nSPS) is 17.3. The van der Waals surface area contributed by atoms with Crippen molar-refractivity contribution in [3.8, 4) is 0 Å². The molecular weight excluding hydrogens is 276 g/mol. The van der Waals surface area contributed by atoms with Crippen LogP contribution in [0.25, 0.3) is 0 Å². The van der Waals surface area contributed by atoms with Crippen LogP contribution in [0.1, 0.15) is 26.7 Å². The fourth-order valence-electron chi connectivity index (χ4n) is 1.96. The lowest BCUT2D eigenvalue weighted by atomic mass is 10.2. The first kappa shape index (κ1) is 14.8. The number of benzene rings is 1. The highest BCUT2D eigenvalue weighted by Gasteiger charge is 2.29. The molecule has 1 saturated carbocycles. The average molecular weight is 294 g/mol. The van der Waals surface area contributed by atoms with Crippen molar-refractivity contribution in [3.05, 3.63) is 34.4 Å². The van der Waals surface area contributed by atoms with E-state index in [4.69, 9.17) is 0 Å². The summed E-state index contributed by atoms with van der Waals surface area (Å²) in [6, 6.07) is 6.51. The van der Waals surface area contributed by atoms with Crippen LogP contribution in [-0.4, -0.2) is 22.1 Å². The Labute approximate surface area is 122 Å². The number of hydrogen-bond donors (Lipinski definition) is 1. The fraction of sp³-hybridized carbons (Fsp3) is 0.500. The minimum absolute atomic E-state index is 0.0211. The molecule has 0 aromatic heterocycles. The lowest BCUT2D eigenvalue weighted by molar-refractivity contribution is -0.384.